The highest BCUT2D eigenvalue weighted by molar-refractivity contribution is 5.31. The van der Waals surface area contributed by atoms with Crippen LogP contribution in [0, 0.1) is 5.92 Å². The van der Waals surface area contributed by atoms with Gasteiger partial charge < -0.3 is 10.5 Å². The van der Waals surface area contributed by atoms with E-state index in [2.05, 4.69) is 15.5 Å². The molecule has 0 amide bonds. The number of benzene rings is 1. The van der Waals surface area contributed by atoms with Crippen molar-refractivity contribution in [2.75, 3.05) is 6.61 Å². The number of nitrogens with two attached hydrogens (primary N) is 1. The van der Waals surface area contributed by atoms with Crippen molar-refractivity contribution < 1.29 is 4.74 Å². The normalized spacial score (nSPS) is 28.9. The van der Waals surface area contributed by atoms with Gasteiger partial charge in [-0.25, -0.2) is 0 Å². The zero-order valence-electron chi connectivity index (χ0n) is 11.9. The molecule has 1 saturated carbocycles. The van der Waals surface area contributed by atoms with Crippen molar-refractivity contribution in [2.24, 2.45) is 11.7 Å². The van der Waals surface area contributed by atoms with Gasteiger partial charge in [0.2, 0.25) is 0 Å². The fourth-order valence-corrected chi connectivity index (χ4v) is 3.26. The number of hydrogen-bond acceptors (Lipinski definition) is 5. The van der Waals surface area contributed by atoms with Gasteiger partial charge in [-0.15, -0.1) is 5.10 Å². The summed E-state index contributed by atoms with van der Waals surface area (Å²) in [5.41, 5.74) is 7.26. The number of rotatable bonds is 4. The number of tetrazole rings is 1. The van der Waals surface area contributed by atoms with E-state index < -0.39 is 0 Å². The molecule has 1 aromatic heterocycles. The third kappa shape index (κ3) is 2.34. The Balaban J connectivity index is 1.62. The van der Waals surface area contributed by atoms with E-state index in [-0.39, 0.29) is 11.6 Å². The van der Waals surface area contributed by atoms with E-state index in [1.54, 1.807) is 4.68 Å². The first-order valence-corrected chi connectivity index (χ1v) is 7.49. The van der Waals surface area contributed by atoms with E-state index in [9.17, 15) is 0 Å². The predicted octanol–water partition coefficient (Wildman–Crippen LogP) is 1.10. The monoisotopic (exact) mass is 285 g/mol. The van der Waals surface area contributed by atoms with Gasteiger partial charge >= 0.3 is 0 Å². The molecular weight excluding hydrogens is 266 g/mol. The lowest BCUT2D eigenvalue weighted by atomic mass is 9.86. The molecule has 2 atom stereocenters. The number of aromatic nitrogens is 4. The minimum absolute atomic E-state index is 0.151. The molecule has 4 rings (SSSR count). The van der Waals surface area contributed by atoms with Crippen LogP contribution in [0.1, 0.15) is 25.1 Å². The van der Waals surface area contributed by atoms with E-state index in [0.29, 0.717) is 12.3 Å². The Kier molecular flexibility index (Phi) is 3.01. The number of para-hydroxylation sites is 1. The summed E-state index contributed by atoms with van der Waals surface area (Å²) in [6.45, 7) is 0.741. The van der Waals surface area contributed by atoms with Crippen LogP contribution in [0.15, 0.2) is 30.3 Å². The Morgan fingerprint density at radius 2 is 2.10 bits per heavy atom. The van der Waals surface area contributed by atoms with Crippen molar-refractivity contribution in [3.8, 4) is 5.69 Å². The molecule has 2 fully saturated rings. The molecule has 0 bridgehead atoms. The van der Waals surface area contributed by atoms with E-state index in [1.165, 1.54) is 12.8 Å². The highest BCUT2D eigenvalue weighted by atomic mass is 16.5. The van der Waals surface area contributed by atoms with Crippen LogP contribution in [-0.4, -0.2) is 38.5 Å². The Morgan fingerprint density at radius 1 is 1.29 bits per heavy atom. The average Bonchev–Trinajstić information content (AvgIpc) is 3.12. The lowest BCUT2D eigenvalue weighted by molar-refractivity contribution is 0.0620. The van der Waals surface area contributed by atoms with Gasteiger partial charge in [-0.1, -0.05) is 18.2 Å². The molecule has 0 radical (unpaired) electrons. The molecule has 6 heteroatoms. The summed E-state index contributed by atoms with van der Waals surface area (Å²) in [6.07, 6.45) is 4.13. The van der Waals surface area contributed by atoms with Crippen molar-refractivity contribution >= 4 is 0 Å². The maximum Gasteiger partial charge on any atom is 0.158 e. The van der Waals surface area contributed by atoms with Crippen LogP contribution in [-0.2, 0) is 11.2 Å². The highest BCUT2D eigenvalue weighted by Gasteiger charge is 2.49. The Morgan fingerprint density at radius 3 is 2.86 bits per heavy atom. The number of ether oxygens (including phenoxy) is 1. The lowest BCUT2D eigenvalue weighted by Crippen LogP contribution is -2.50. The SMILES string of the molecule is NC1(Cc2nnnn2-c2ccccc2)CCOC1C1CC1. The molecule has 2 N–H and O–H groups in total. The topological polar surface area (TPSA) is 78.9 Å². The zero-order valence-corrected chi connectivity index (χ0v) is 11.9. The molecule has 1 aromatic carbocycles. The third-order valence-corrected chi connectivity index (χ3v) is 4.50. The summed E-state index contributed by atoms with van der Waals surface area (Å²) in [5, 5.41) is 12.1. The first-order valence-electron chi connectivity index (χ1n) is 7.49. The number of hydrogen-bond donors (Lipinski definition) is 1. The minimum atomic E-state index is -0.345. The van der Waals surface area contributed by atoms with Gasteiger partial charge in [-0.3, -0.25) is 0 Å². The van der Waals surface area contributed by atoms with Crippen molar-refractivity contribution in [3.05, 3.63) is 36.2 Å². The van der Waals surface area contributed by atoms with Crippen molar-refractivity contribution in [3.63, 3.8) is 0 Å². The predicted molar refractivity (Wildman–Crippen MR) is 76.9 cm³/mol. The van der Waals surface area contributed by atoms with Crippen LogP contribution in [0.25, 0.3) is 5.69 Å². The van der Waals surface area contributed by atoms with E-state index in [1.807, 2.05) is 30.3 Å². The van der Waals surface area contributed by atoms with E-state index >= 15 is 0 Å². The standard InChI is InChI=1S/C15H19N5O/c16-15(8-9-21-14(15)11-6-7-11)10-13-17-18-19-20(13)12-4-2-1-3-5-12/h1-5,11,14H,6-10,16H2. The summed E-state index contributed by atoms with van der Waals surface area (Å²) in [7, 11) is 0. The van der Waals surface area contributed by atoms with E-state index in [0.717, 1.165) is 24.5 Å². The minimum Gasteiger partial charge on any atom is -0.376 e. The smallest absolute Gasteiger partial charge is 0.158 e. The van der Waals surface area contributed by atoms with Crippen LogP contribution in [0.4, 0.5) is 0 Å². The largest absolute Gasteiger partial charge is 0.376 e. The molecule has 2 aromatic rings. The fraction of sp³-hybridized carbons (Fsp3) is 0.533. The highest BCUT2D eigenvalue weighted by Crippen LogP contribution is 2.43. The van der Waals surface area contributed by atoms with Gasteiger partial charge in [0.1, 0.15) is 0 Å². The van der Waals surface area contributed by atoms with Gasteiger partial charge in [0.05, 0.1) is 17.3 Å². The molecule has 110 valence electrons. The number of nitrogens with zero attached hydrogens (tertiary/aromatic N) is 4. The molecule has 21 heavy (non-hydrogen) atoms. The van der Waals surface area contributed by atoms with Crippen LogP contribution in [0.2, 0.25) is 0 Å². The summed E-state index contributed by atoms with van der Waals surface area (Å²) < 4.78 is 7.66. The van der Waals surface area contributed by atoms with Crippen LogP contribution >= 0.6 is 0 Å². The van der Waals surface area contributed by atoms with Gasteiger partial charge in [0.25, 0.3) is 0 Å². The van der Waals surface area contributed by atoms with Crippen molar-refractivity contribution in [1.29, 1.82) is 0 Å². The summed E-state index contributed by atoms with van der Waals surface area (Å²) in [5.74, 6) is 1.43. The Hall–Kier alpha value is -1.79. The molecule has 1 aliphatic carbocycles. The first kappa shape index (κ1) is 12.9. The van der Waals surface area contributed by atoms with Crippen LogP contribution in [0.3, 0.4) is 0 Å². The molecule has 2 heterocycles. The maximum atomic E-state index is 6.65. The maximum absolute atomic E-state index is 6.65. The van der Waals surface area contributed by atoms with Crippen LogP contribution < -0.4 is 5.73 Å². The molecule has 1 saturated heterocycles. The second-order valence-electron chi connectivity index (χ2n) is 6.13. The molecule has 2 aliphatic rings. The Bertz CT molecular complexity index is 624. The van der Waals surface area contributed by atoms with Crippen LogP contribution in [0.5, 0.6) is 0 Å². The average molecular weight is 285 g/mol. The Labute approximate surface area is 123 Å². The molecular formula is C15H19N5O. The quantitative estimate of drug-likeness (QED) is 0.910. The summed E-state index contributed by atoms with van der Waals surface area (Å²) in [4.78, 5) is 0. The zero-order chi connectivity index (χ0) is 14.3. The summed E-state index contributed by atoms with van der Waals surface area (Å²) >= 11 is 0. The van der Waals surface area contributed by atoms with Gasteiger partial charge in [0.15, 0.2) is 5.82 Å². The van der Waals surface area contributed by atoms with E-state index in [4.69, 9.17) is 10.5 Å². The van der Waals surface area contributed by atoms with Crippen molar-refractivity contribution in [2.45, 2.75) is 37.3 Å². The molecule has 1 aliphatic heterocycles. The first-order chi connectivity index (χ1) is 10.3. The molecule has 0 spiro atoms. The van der Waals surface area contributed by atoms with Gasteiger partial charge in [-0.2, -0.15) is 4.68 Å². The molecule has 2 unspecified atom stereocenters. The van der Waals surface area contributed by atoms with Gasteiger partial charge in [-0.05, 0) is 47.7 Å². The van der Waals surface area contributed by atoms with Gasteiger partial charge in [0, 0.05) is 13.0 Å². The third-order valence-electron chi connectivity index (χ3n) is 4.50. The molecule has 6 nitrogen and oxygen atoms in total. The fourth-order valence-electron chi connectivity index (χ4n) is 3.26. The second kappa shape index (κ2) is 4.89. The second-order valence-corrected chi connectivity index (χ2v) is 6.13. The lowest BCUT2D eigenvalue weighted by Gasteiger charge is -2.29. The summed E-state index contributed by atoms with van der Waals surface area (Å²) in [6, 6.07) is 9.92. The van der Waals surface area contributed by atoms with Crippen molar-refractivity contribution in [1.82, 2.24) is 20.2 Å².